The number of aromatic nitrogens is 3. The molecule has 0 radical (unpaired) electrons. The summed E-state index contributed by atoms with van der Waals surface area (Å²) in [6.07, 6.45) is 0.626. The maximum atomic E-state index is 5.44. The number of benzene rings is 1. The average molecular weight is 204 g/mol. The molecule has 1 heterocycles. The number of nitrogens with two attached hydrogens (primary N) is 1. The molecule has 5 heteroatoms. The Morgan fingerprint density at radius 2 is 2.20 bits per heavy atom. The summed E-state index contributed by atoms with van der Waals surface area (Å²) < 4.78 is 5.20. The molecule has 78 valence electrons. The Labute approximate surface area is 87.3 Å². The highest BCUT2D eigenvalue weighted by Crippen LogP contribution is 2.20. The van der Waals surface area contributed by atoms with Gasteiger partial charge in [0.05, 0.1) is 7.11 Å². The van der Waals surface area contributed by atoms with E-state index in [0.717, 1.165) is 11.0 Å². The molecule has 2 N–H and O–H groups in total. The summed E-state index contributed by atoms with van der Waals surface area (Å²) in [6, 6.07) is 5.56. The first kappa shape index (κ1) is 9.79. The van der Waals surface area contributed by atoms with Crippen LogP contribution >= 0.6 is 0 Å². The van der Waals surface area contributed by atoms with Gasteiger partial charge in [-0.25, -0.2) is 4.98 Å². The fourth-order valence-corrected chi connectivity index (χ4v) is 1.37. The minimum Gasteiger partial charge on any atom is -0.494 e. The topological polar surface area (TPSA) is 73.9 Å². The van der Waals surface area contributed by atoms with Crippen molar-refractivity contribution in [3.05, 3.63) is 24.0 Å². The summed E-state index contributed by atoms with van der Waals surface area (Å²) in [5.41, 5.74) is 6.90. The van der Waals surface area contributed by atoms with E-state index in [1.165, 1.54) is 0 Å². The average Bonchev–Trinajstić information content (AvgIpc) is 2.28. The Morgan fingerprint density at radius 1 is 1.33 bits per heavy atom. The molecule has 0 saturated heterocycles. The van der Waals surface area contributed by atoms with Crippen LogP contribution in [0.1, 0.15) is 5.82 Å². The maximum Gasteiger partial charge on any atom is 0.153 e. The summed E-state index contributed by atoms with van der Waals surface area (Å²) in [7, 11) is 1.61. The van der Waals surface area contributed by atoms with Gasteiger partial charge in [0, 0.05) is 6.42 Å². The van der Waals surface area contributed by atoms with E-state index in [-0.39, 0.29) is 0 Å². The van der Waals surface area contributed by atoms with Crippen LogP contribution in [0.5, 0.6) is 5.75 Å². The van der Waals surface area contributed by atoms with Crippen molar-refractivity contribution in [3.63, 3.8) is 0 Å². The molecular weight excluding hydrogens is 192 g/mol. The minimum atomic E-state index is 0.516. The first-order valence-electron chi connectivity index (χ1n) is 4.71. The first-order chi connectivity index (χ1) is 7.35. The third kappa shape index (κ3) is 1.87. The Balaban J connectivity index is 2.57. The van der Waals surface area contributed by atoms with E-state index in [9.17, 15) is 0 Å². The molecule has 2 rings (SSSR count). The molecule has 0 spiro atoms. The third-order valence-corrected chi connectivity index (χ3v) is 2.08. The number of fused-ring (bicyclic) bond motifs is 1. The normalized spacial score (nSPS) is 10.5. The zero-order valence-electron chi connectivity index (χ0n) is 8.47. The van der Waals surface area contributed by atoms with Gasteiger partial charge in [0.2, 0.25) is 0 Å². The molecule has 5 nitrogen and oxygen atoms in total. The molecule has 0 fully saturated rings. The van der Waals surface area contributed by atoms with Crippen LogP contribution in [0.3, 0.4) is 0 Å². The van der Waals surface area contributed by atoms with Crippen molar-refractivity contribution < 1.29 is 4.74 Å². The zero-order valence-corrected chi connectivity index (χ0v) is 8.47. The number of hydrogen-bond donors (Lipinski definition) is 1. The van der Waals surface area contributed by atoms with Crippen LogP contribution in [0.4, 0.5) is 0 Å². The van der Waals surface area contributed by atoms with Gasteiger partial charge in [-0.2, -0.15) is 0 Å². The van der Waals surface area contributed by atoms with E-state index < -0.39 is 0 Å². The summed E-state index contributed by atoms with van der Waals surface area (Å²) >= 11 is 0. The highest BCUT2D eigenvalue weighted by molar-refractivity contribution is 5.80. The second-order valence-electron chi connectivity index (χ2n) is 3.09. The summed E-state index contributed by atoms with van der Waals surface area (Å²) in [5, 5.41) is 8.04. The molecule has 0 aliphatic heterocycles. The number of rotatable bonds is 3. The fourth-order valence-electron chi connectivity index (χ4n) is 1.37. The molecule has 15 heavy (non-hydrogen) atoms. The maximum absolute atomic E-state index is 5.44. The molecule has 0 amide bonds. The van der Waals surface area contributed by atoms with Crippen molar-refractivity contribution in [2.75, 3.05) is 13.7 Å². The lowest BCUT2D eigenvalue weighted by Crippen LogP contribution is -2.07. The van der Waals surface area contributed by atoms with E-state index in [1.54, 1.807) is 7.11 Å². The van der Waals surface area contributed by atoms with E-state index in [1.807, 2.05) is 18.2 Å². The standard InChI is InChI=1S/C10H12N4O/c1-15-8-4-2-3-7-10(8)12-9(5-6-11)14-13-7/h2-4H,5-6,11H2,1H3. The van der Waals surface area contributed by atoms with Gasteiger partial charge < -0.3 is 10.5 Å². The third-order valence-electron chi connectivity index (χ3n) is 2.08. The van der Waals surface area contributed by atoms with Gasteiger partial charge in [-0.1, -0.05) is 6.07 Å². The predicted octanol–water partition coefficient (Wildman–Crippen LogP) is 0.535. The lowest BCUT2D eigenvalue weighted by atomic mass is 10.3. The summed E-state index contributed by atoms with van der Waals surface area (Å²) in [6.45, 7) is 0.516. The van der Waals surface area contributed by atoms with Crippen LogP contribution in [0.25, 0.3) is 11.0 Å². The van der Waals surface area contributed by atoms with Crippen LogP contribution in [0.15, 0.2) is 18.2 Å². The second kappa shape index (κ2) is 4.18. The van der Waals surface area contributed by atoms with Gasteiger partial charge in [0.25, 0.3) is 0 Å². The molecule has 1 aromatic heterocycles. The van der Waals surface area contributed by atoms with Gasteiger partial charge in [0.1, 0.15) is 16.8 Å². The van der Waals surface area contributed by atoms with Crippen LogP contribution in [0, 0.1) is 0 Å². The van der Waals surface area contributed by atoms with Crippen molar-refractivity contribution in [1.82, 2.24) is 15.2 Å². The van der Waals surface area contributed by atoms with E-state index in [0.29, 0.717) is 24.5 Å². The second-order valence-corrected chi connectivity index (χ2v) is 3.09. The van der Waals surface area contributed by atoms with Gasteiger partial charge in [-0.05, 0) is 18.7 Å². The van der Waals surface area contributed by atoms with Crippen LogP contribution in [-0.4, -0.2) is 28.8 Å². The molecule has 0 aliphatic carbocycles. The zero-order chi connectivity index (χ0) is 10.7. The quantitative estimate of drug-likeness (QED) is 0.789. The number of hydrogen-bond acceptors (Lipinski definition) is 5. The predicted molar refractivity (Wildman–Crippen MR) is 56.6 cm³/mol. The lowest BCUT2D eigenvalue weighted by molar-refractivity contribution is 0.418. The summed E-state index contributed by atoms with van der Waals surface area (Å²) in [4.78, 5) is 4.36. The highest BCUT2D eigenvalue weighted by Gasteiger charge is 2.05. The van der Waals surface area contributed by atoms with E-state index in [2.05, 4.69) is 15.2 Å². The number of methoxy groups -OCH3 is 1. The highest BCUT2D eigenvalue weighted by atomic mass is 16.5. The molecule has 0 bridgehead atoms. The van der Waals surface area contributed by atoms with E-state index >= 15 is 0 Å². The number of para-hydroxylation sites is 1. The minimum absolute atomic E-state index is 0.516. The lowest BCUT2D eigenvalue weighted by Gasteiger charge is -2.04. The first-order valence-corrected chi connectivity index (χ1v) is 4.71. The molecule has 0 atom stereocenters. The van der Waals surface area contributed by atoms with Gasteiger partial charge in [-0.15, -0.1) is 10.2 Å². The fraction of sp³-hybridized carbons (Fsp3) is 0.300. The molecular formula is C10H12N4O. The molecule has 0 unspecified atom stereocenters. The SMILES string of the molecule is COc1cccc2nnc(CCN)nc12. The van der Waals surface area contributed by atoms with Crippen molar-refractivity contribution >= 4 is 11.0 Å². The molecule has 2 aromatic rings. The smallest absolute Gasteiger partial charge is 0.153 e. The van der Waals surface area contributed by atoms with Gasteiger partial charge in [0.15, 0.2) is 5.82 Å². The van der Waals surface area contributed by atoms with Gasteiger partial charge in [-0.3, -0.25) is 0 Å². The Bertz CT molecular complexity index is 472. The molecule has 1 aromatic carbocycles. The monoisotopic (exact) mass is 204 g/mol. The van der Waals surface area contributed by atoms with E-state index in [4.69, 9.17) is 10.5 Å². The molecule has 0 aliphatic rings. The Morgan fingerprint density at radius 3 is 2.93 bits per heavy atom. The Hall–Kier alpha value is -1.75. The van der Waals surface area contributed by atoms with Crippen molar-refractivity contribution in [1.29, 1.82) is 0 Å². The van der Waals surface area contributed by atoms with Crippen LogP contribution < -0.4 is 10.5 Å². The number of ether oxygens (including phenoxy) is 1. The Kier molecular flexibility index (Phi) is 2.73. The van der Waals surface area contributed by atoms with Crippen molar-refractivity contribution in [2.45, 2.75) is 6.42 Å². The van der Waals surface area contributed by atoms with Crippen molar-refractivity contribution in [2.24, 2.45) is 5.73 Å². The largest absolute Gasteiger partial charge is 0.494 e. The summed E-state index contributed by atoms with van der Waals surface area (Å²) in [5.74, 6) is 1.36. The molecule has 0 saturated carbocycles. The van der Waals surface area contributed by atoms with Crippen molar-refractivity contribution in [3.8, 4) is 5.75 Å². The van der Waals surface area contributed by atoms with Crippen LogP contribution in [0.2, 0.25) is 0 Å². The van der Waals surface area contributed by atoms with Gasteiger partial charge >= 0.3 is 0 Å². The number of nitrogens with zero attached hydrogens (tertiary/aromatic N) is 3. The van der Waals surface area contributed by atoms with Crippen LogP contribution in [-0.2, 0) is 6.42 Å².